The van der Waals surface area contributed by atoms with Crippen molar-refractivity contribution in [3.05, 3.63) is 47.8 Å². The number of hydrogen-bond acceptors (Lipinski definition) is 5. The minimum Gasteiger partial charge on any atom is -0.491 e. The molecule has 0 aliphatic rings. The summed E-state index contributed by atoms with van der Waals surface area (Å²) in [7, 11) is 2.90. The maximum absolute atomic E-state index is 14.5. The van der Waals surface area contributed by atoms with Crippen molar-refractivity contribution in [2.45, 2.75) is 0 Å². The molecule has 0 amide bonds. The maximum atomic E-state index is 14.5. The summed E-state index contributed by atoms with van der Waals surface area (Å²) in [6.45, 7) is 0. The third-order valence-electron chi connectivity index (χ3n) is 3.70. The van der Waals surface area contributed by atoms with Crippen LogP contribution in [0.3, 0.4) is 0 Å². The van der Waals surface area contributed by atoms with Gasteiger partial charge < -0.3 is 10.5 Å². The second-order valence-corrected chi connectivity index (χ2v) is 5.27. The molecule has 0 fully saturated rings. The van der Waals surface area contributed by atoms with Crippen LogP contribution in [0.1, 0.15) is 5.56 Å². The SMILES string of the molecule is COc1c(F)ccc(-c2cc(-c3cnn(C)c3)c(C#N)c(N)n2)c1F. The van der Waals surface area contributed by atoms with E-state index in [-0.39, 0.29) is 22.6 Å². The van der Waals surface area contributed by atoms with Crippen LogP contribution < -0.4 is 10.5 Å². The first kappa shape index (κ1) is 16.4. The molecule has 0 spiro atoms. The Morgan fingerprint density at radius 1 is 1.28 bits per heavy atom. The molecule has 2 heterocycles. The predicted octanol–water partition coefficient (Wildman–Crippen LogP) is 2.89. The van der Waals surface area contributed by atoms with Crippen LogP contribution in [0.25, 0.3) is 22.4 Å². The van der Waals surface area contributed by atoms with Crippen LogP contribution in [0.2, 0.25) is 0 Å². The van der Waals surface area contributed by atoms with Crippen molar-refractivity contribution in [2.75, 3.05) is 12.8 Å². The summed E-state index contributed by atoms with van der Waals surface area (Å²) < 4.78 is 34.5. The number of pyridine rings is 1. The number of halogens is 2. The molecule has 0 bridgehead atoms. The minimum absolute atomic E-state index is 0.0135. The fourth-order valence-electron chi connectivity index (χ4n) is 2.53. The Hall–Kier alpha value is -3.47. The summed E-state index contributed by atoms with van der Waals surface area (Å²) in [4.78, 5) is 4.08. The average Bonchev–Trinajstić information content (AvgIpc) is 3.01. The largest absolute Gasteiger partial charge is 0.491 e. The lowest BCUT2D eigenvalue weighted by atomic mass is 10.0. The summed E-state index contributed by atoms with van der Waals surface area (Å²) >= 11 is 0. The zero-order valence-electron chi connectivity index (χ0n) is 13.4. The van der Waals surface area contributed by atoms with Crippen molar-refractivity contribution in [1.29, 1.82) is 5.26 Å². The van der Waals surface area contributed by atoms with Gasteiger partial charge in [-0.2, -0.15) is 10.4 Å². The Morgan fingerprint density at radius 3 is 2.64 bits per heavy atom. The Kier molecular flexibility index (Phi) is 4.07. The van der Waals surface area contributed by atoms with E-state index < -0.39 is 17.4 Å². The summed E-state index contributed by atoms with van der Waals surface area (Å²) in [5.41, 5.74) is 7.29. The number of nitriles is 1. The van der Waals surface area contributed by atoms with E-state index in [2.05, 4.69) is 10.1 Å². The molecular weight excluding hydrogens is 328 g/mol. The number of nitrogen functional groups attached to an aromatic ring is 1. The van der Waals surface area contributed by atoms with Crippen molar-refractivity contribution in [2.24, 2.45) is 7.05 Å². The predicted molar refractivity (Wildman–Crippen MR) is 87.5 cm³/mol. The average molecular weight is 341 g/mol. The molecule has 1 aromatic carbocycles. The number of nitrogens with zero attached hydrogens (tertiary/aromatic N) is 4. The first-order valence-electron chi connectivity index (χ1n) is 7.18. The van der Waals surface area contributed by atoms with Gasteiger partial charge in [-0.15, -0.1) is 0 Å². The van der Waals surface area contributed by atoms with Crippen molar-refractivity contribution in [1.82, 2.24) is 14.8 Å². The highest BCUT2D eigenvalue weighted by Crippen LogP contribution is 2.35. The van der Waals surface area contributed by atoms with E-state index in [0.717, 1.165) is 6.07 Å². The zero-order chi connectivity index (χ0) is 18.1. The zero-order valence-corrected chi connectivity index (χ0v) is 13.4. The molecule has 0 aliphatic carbocycles. The number of methoxy groups -OCH3 is 1. The van der Waals surface area contributed by atoms with E-state index in [1.807, 2.05) is 6.07 Å². The quantitative estimate of drug-likeness (QED) is 0.791. The highest BCUT2D eigenvalue weighted by Gasteiger charge is 2.20. The van der Waals surface area contributed by atoms with Crippen LogP contribution in [-0.2, 0) is 7.05 Å². The first-order valence-corrected chi connectivity index (χ1v) is 7.18. The summed E-state index contributed by atoms with van der Waals surface area (Å²) in [6.07, 6.45) is 3.25. The lowest BCUT2D eigenvalue weighted by Gasteiger charge is -2.11. The van der Waals surface area contributed by atoms with Crippen LogP contribution >= 0.6 is 0 Å². The number of ether oxygens (including phenoxy) is 1. The summed E-state index contributed by atoms with van der Waals surface area (Å²) in [5.74, 6) is -2.28. The monoisotopic (exact) mass is 341 g/mol. The number of aryl methyl sites for hydroxylation is 1. The third kappa shape index (κ3) is 2.76. The molecule has 0 saturated heterocycles. The number of benzene rings is 1. The molecule has 2 aromatic heterocycles. The van der Waals surface area contributed by atoms with Gasteiger partial charge in [0.15, 0.2) is 17.4 Å². The fourth-order valence-corrected chi connectivity index (χ4v) is 2.53. The van der Waals surface area contributed by atoms with E-state index in [1.54, 1.807) is 24.1 Å². The number of nitrogens with two attached hydrogens (primary N) is 1. The van der Waals surface area contributed by atoms with Crippen molar-refractivity contribution >= 4 is 5.82 Å². The van der Waals surface area contributed by atoms with Crippen LogP contribution in [0, 0.1) is 23.0 Å². The van der Waals surface area contributed by atoms with Crippen molar-refractivity contribution in [3.63, 3.8) is 0 Å². The molecule has 6 nitrogen and oxygen atoms in total. The Morgan fingerprint density at radius 2 is 2.04 bits per heavy atom. The van der Waals surface area contributed by atoms with Gasteiger partial charge in [-0.25, -0.2) is 13.8 Å². The molecule has 0 atom stereocenters. The molecular formula is C17H13F2N5O. The second kappa shape index (κ2) is 6.20. The highest BCUT2D eigenvalue weighted by molar-refractivity contribution is 5.80. The van der Waals surface area contributed by atoms with E-state index in [9.17, 15) is 14.0 Å². The second-order valence-electron chi connectivity index (χ2n) is 5.27. The molecule has 0 radical (unpaired) electrons. The highest BCUT2D eigenvalue weighted by atomic mass is 19.1. The Bertz CT molecular complexity index is 1010. The molecule has 8 heteroatoms. The molecule has 3 aromatic rings. The normalized spacial score (nSPS) is 10.5. The number of hydrogen-bond donors (Lipinski definition) is 1. The molecule has 0 unspecified atom stereocenters. The van der Waals surface area contributed by atoms with Crippen molar-refractivity contribution in [3.8, 4) is 34.2 Å². The smallest absolute Gasteiger partial charge is 0.191 e. The van der Waals surface area contributed by atoms with Gasteiger partial charge in [0.05, 0.1) is 19.0 Å². The van der Waals surface area contributed by atoms with Crippen LogP contribution in [0.15, 0.2) is 30.6 Å². The Balaban J connectivity index is 2.26. The van der Waals surface area contributed by atoms with Crippen LogP contribution in [0.4, 0.5) is 14.6 Å². The van der Waals surface area contributed by atoms with Gasteiger partial charge in [0.2, 0.25) is 0 Å². The molecule has 126 valence electrons. The standard InChI is InChI=1S/C17H13F2N5O/c1-24-8-9(7-22-24)11-5-14(23-17(21)12(11)6-20)10-3-4-13(18)16(25-2)15(10)19/h3-5,7-8H,1-2H3,(H2,21,23). The minimum atomic E-state index is -0.892. The lowest BCUT2D eigenvalue weighted by Crippen LogP contribution is -2.02. The van der Waals surface area contributed by atoms with E-state index in [4.69, 9.17) is 10.5 Å². The Labute approximate surface area is 142 Å². The van der Waals surface area contributed by atoms with E-state index in [0.29, 0.717) is 11.1 Å². The van der Waals surface area contributed by atoms with Gasteiger partial charge >= 0.3 is 0 Å². The van der Waals surface area contributed by atoms with Gasteiger partial charge in [0.1, 0.15) is 17.5 Å². The van der Waals surface area contributed by atoms with Crippen LogP contribution in [-0.4, -0.2) is 21.9 Å². The van der Waals surface area contributed by atoms with Gasteiger partial charge in [0.25, 0.3) is 0 Å². The number of rotatable bonds is 3. The number of aromatic nitrogens is 3. The topological polar surface area (TPSA) is 89.8 Å². The van der Waals surface area contributed by atoms with Gasteiger partial charge in [-0.05, 0) is 18.2 Å². The number of anilines is 1. The molecule has 0 saturated carbocycles. The fraction of sp³-hybridized carbons (Fsp3) is 0.118. The van der Waals surface area contributed by atoms with Crippen LogP contribution in [0.5, 0.6) is 5.75 Å². The van der Waals surface area contributed by atoms with Crippen molar-refractivity contribution < 1.29 is 13.5 Å². The molecule has 0 aliphatic heterocycles. The summed E-state index contributed by atoms with van der Waals surface area (Å²) in [5, 5.41) is 13.4. The lowest BCUT2D eigenvalue weighted by molar-refractivity contribution is 0.360. The van der Waals surface area contributed by atoms with E-state index >= 15 is 0 Å². The molecule has 3 rings (SSSR count). The maximum Gasteiger partial charge on any atom is 0.191 e. The third-order valence-corrected chi connectivity index (χ3v) is 3.70. The van der Waals surface area contributed by atoms with E-state index in [1.165, 1.54) is 19.2 Å². The van der Waals surface area contributed by atoms with Gasteiger partial charge in [-0.1, -0.05) is 0 Å². The molecule has 25 heavy (non-hydrogen) atoms. The summed E-state index contributed by atoms with van der Waals surface area (Å²) in [6, 6.07) is 5.83. The van der Waals surface area contributed by atoms with Gasteiger partial charge in [-0.3, -0.25) is 4.68 Å². The first-order chi connectivity index (χ1) is 12.0. The molecule has 2 N–H and O–H groups in total. The van der Waals surface area contributed by atoms with Gasteiger partial charge in [0, 0.05) is 29.9 Å².